The third-order valence-corrected chi connectivity index (χ3v) is 2.61. The van der Waals surface area contributed by atoms with Crippen molar-refractivity contribution in [1.29, 1.82) is 0 Å². The lowest BCUT2D eigenvalue weighted by Crippen LogP contribution is -2.30. The Balaban J connectivity index is 2.05. The second-order valence-corrected chi connectivity index (χ2v) is 4.30. The number of carbonyl (C=O) groups is 1. The van der Waals surface area contributed by atoms with Crippen LogP contribution in [-0.2, 0) is 4.79 Å². The molecule has 0 spiro atoms. The van der Waals surface area contributed by atoms with Crippen molar-refractivity contribution in [3.05, 3.63) is 46.2 Å². The van der Waals surface area contributed by atoms with E-state index in [9.17, 15) is 14.9 Å². The van der Waals surface area contributed by atoms with Crippen LogP contribution in [0, 0.1) is 17.0 Å². The second-order valence-electron chi connectivity index (χ2n) is 4.30. The summed E-state index contributed by atoms with van der Waals surface area (Å²) in [6.07, 6.45) is -0.928. The maximum absolute atomic E-state index is 11.9. The van der Waals surface area contributed by atoms with Crippen LogP contribution in [0.15, 0.2) is 34.9 Å². The van der Waals surface area contributed by atoms with Crippen LogP contribution in [0.1, 0.15) is 12.7 Å². The zero-order chi connectivity index (χ0) is 15.4. The van der Waals surface area contributed by atoms with Crippen molar-refractivity contribution in [3.63, 3.8) is 0 Å². The molecule has 2 aromatic rings. The van der Waals surface area contributed by atoms with Crippen molar-refractivity contribution in [2.24, 2.45) is 0 Å². The summed E-state index contributed by atoms with van der Waals surface area (Å²) < 4.78 is 10.2. The first-order chi connectivity index (χ1) is 9.97. The Hall–Kier alpha value is -2.90. The maximum Gasteiger partial charge on any atom is 0.310 e. The summed E-state index contributed by atoms with van der Waals surface area (Å²) in [6.45, 7) is 3.18. The van der Waals surface area contributed by atoms with E-state index < -0.39 is 16.9 Å². The number of aryl methyl sites for hydroxylation is 1. The molecule has 1 atom stereocenters. The van der Waals surface area contributed by atoms with Crippen LogP contribution in [0.5, 0.6) is 5.75 Å². The number of nitro benzene ring substituents is 1. The monoisotopic (exact) mass is 291 g/mol. The Morgan fingerprint density at radius 2 is 2.19 bits per heavy atom. The van der Waals surface area contributed by atoms with Gasteiger partial charge in [-0.05, 0) is 19.9 Å². The molecular formula is C13H13N3O5. The molecule has 0 saturated heterocycles. The number of amides is 1. The van der Waals surface area contributed by atoms with E-state index in [0.717, 1.165) is 0 Å². The first-order valence-corrected chi connectivity index (χ1v) is 6.11. The van der Waals surface area contributed by atoms with Crippen molar-refractivity contribution < 1.29 is 19.0 Å². The number of benzene rings is 1. The van der Waals surface area contributed by atoms with Gasteiger partial charge in [-0.3, -0.25) is 14.9 Å². The molecule has 2 rings (SSSR count). The molecule has 110 valence electrons. The second kappa shape index (κ2) is 6.04. The number of nitro groups is 1. The SMILES string of the molecule is Cc1cc(NC(=O)C(C)Oc2ccccc2[N+](=O)[O-])no1. The zero-order valence-corrected chi connectivity index (χ0v) is 11.4. The molecule has 0 aliphatic carbocycles. The molecule has 1 aromatic heterocycles. The van der Waals surface area contributed by atoms with E-state index in [1.165, 1.54) is 25.1 Å². The van der Waals surface area contributed by atoms with Gasteiger partial charge in [-0.15, -0.1) is 0 Å². The molecule has 0 fully saturated rings. The van der Waals surface area contributed by atoms with Crippen LogP contribution >= 0.6 is 0 Å². The van der Waals surface area contributed by atoms with E-state index in [-0.39, 0.29) is 17.3 Å². The summed E-state index contributed by atoms with van der Waals surface area (Å²) in [7, 11) is 0. The Bertz CT molecular complexity index is 667. The normalized spacial score (nSPS) is 11.7. The summed E-state index contributed by atoms with van der Waals surface area (Å²) in [4.78, 5) is 22.2. The fraction of sp³-hybridized carbons (Fsp3) is 0.231. The van der Waals surface area contributed by atoms with Gasteiger partial charge in [0.25, 0.3) is 5.91 Å². The number of aromatic nitrogens is 1. The van der Waals surface area contributed by atoms with Gasteiger partial charge >= 0.3 is 5.69 Å². The highest BCUT2D eigenvalue weighted by molar-refractivity contribution is 5.93. The number of nitrogens with one attached hydrogen (secondary N) is 1. The van der Waals surface area contributed by atoms with Gasteiger partial charge in [-0.1, -0.05) is 17.3 Å². The van der Waals surface area contributed by atoms with Gasteiger partial charge in [0, 0.05) is 12.1 Å². The Labute approximate surface area is 119 Å². The number of ether oxygens (including phenoxy) is 1. The zero-order valence-electron chi connectivity index (χ0n) is 11.4. The number of nitrogens with zero attached hydrogens (tertiary/aromatic N) is 2. The van der Waals surface area contributed by atoms with Crippen molar-refractivity contribution in [2.45, 2.75) is 20.0 Å². The summed E-state index contributed by atoms with van der Waals surface area (Å²) in [6, 6.07) is 7.40. The number of carbonyl (C=O) groups excluding carboxylic acids is 1. The summed E-state index contributed by atoms with van der Waals surface area (Å²) in [5.74, 6) is 0.357. The highest BCUT2D eigenvalue weighted by Crippen LogP contribution is 2.26. The van der Waals surface area contributed by atoms with Crippen molar-refractivity contribution >= 4 is 17.4 Å². The van der Waals surface area contributed by atoms with E-state index in [1.807, 2.05) is 0 Å². The molecule has 0 saturated carbocycles. The van der Waals surface area contributed by atoms with E-state index in [2.05, 4.69) is 10.5 Å². The third-order valence-electron chi connectivity index (χ3n) is 2.61. The fourth-order valence-corrected chi connectivity index (χ4v) is 1.60. The first kappa shape index (κ1) is 14.5. The molecule has 1 aromatic carbocycles. The van der Waals surface area contributed by atoms with Gasteiger partial charge in [-0.25, -0.2) is 0 Å². The summed E-state index contributed by atoms with van der Waals surface area (Å²) in [5, 5.41) is 17.0. The van der Waals surface area contributed by atoms with Crippen LogP contribution in [0.2, 0.25) is 0 Å². The molecule has 8 heteroatoms. The van der Waals surface area contributed by atoms with Crippen molar-refractivity contribution in [3.8, 4) is 5.75 Å². The topological polar surface area (TPSA) is 108 Å². The molecule has 8 nitrogen and oxygen atoms in total. The van der Waals surface area contributed by atoms with Gasteiger partial charge in [0.05, 0.1) is 4.92 Å². The van der Waals surface area contributed by atoms with Crippen molar-refractivity contribution in [2.75, 3.05) is 5.32 Å². The first-order valence-electron chi connectivity index (χ1n) is 6.11. The molecule has 0 bridgehead atoms. The number of para-hydroxylation sites is 2. The quantitative estimate of drug-likeness (QED) is 0.669. The summed E-state index contributed by atoms with van der Waals surface area (Å²) in [5.41, 5.74) is -0.200. The Morgan fingerprint density at radius 1 is 1.48 bits per heavy atom. The Kier molecular flexibility index (Phi) is 4.17. The molecule has 0 aliphatic rings. The van der Waals surface area contributed by atoms with Gasteiger partial charge in [0.2, 0.25) is 0 Å². The van der Waals surface area contributed by atoms with Crippen LogP contribution in [-0.4, -0.2) is 22.1 Å². The molecule has 0 aliphatic heterocycles. The van der Waals surface area contributed by atoms with Gasteiger partial charge in [0.1, 0.15) is 5.76 Å². The number of anilines is 1. The van der Waals surface area contributed by atoms with E-state index in [0.29, 0.717) is 5.76 Å². The average Bonchev–Trinajstić information content (AvgIpc) is 2.84. The molecular weight excluding hydrogens is 278 g/mol. The number of rotatable bonds is 5. The molecule has 0 radical (unpaired) electrons. The van der Waals surface area contributed by atoms with Crippen molar-refractivity contribution in [1.82, 2.24) is 5.16 Å². The molecule has 1 amide bonds. The number of hydrogen-bond acceptors (Lipinski definition) is 6. The minimum Gasteiger partial charge on any atom is -0.474 e. The van der Waals surface area contributed by atoms with Crippen LogP contribution < -0.4 is 10.1 Å². The smallest absolute Gasteiger partial charge is 0.310 e. The average molecular weight is 291 g/mol. The Morgan fingerprint density at radius 3 is 2.81 bits per heavy atom. The van der Waals surface area contributed by atoms with E-state index >= 15 is 0 Å². The third kappa shape index (κ3) is 3.56. The highest BCUT2D eigenvalue weighted by Gasteiger charge is 2.21. The molecule has 1 N–H and O–H groups in total. The maximum atomic E-state index is 11.9. The van der Waals surface area contributed by atoms with Crippen LogP contribution in [0.4, 0.5) is 11.5 Å². The van der Waals surface area contributed by atoms with E-state index in [1.54, 1.807) is 19.1 Å². The standard InChI is InChI=1S/C13H13N3O5/c1-8-7-12(15-21-8)14-13(17)9(2)20-11-6-4-3-5-10(11)16(18)19/h3-7,9H,1-2H3,(H,14,15,17). The van der Waals surface area contributed by atoms with Gasteiger partial charge in [-0.2, -0.15) is 0 Å². The lowest BCUT2D eigenvalue weighted by molar-refractivity contribution is -0.386. The minimum atomic E-state index is -0.928. The van der Waals surface area contributed by atoms with Crippen LogP contribution in [0.3, 0.4) is 0 Å². The molecule has 21 heavy (non-hydrogen) atoms. The van der Waals surface area contributed by atoms with Gasteiger partial charge < -0.3 is 14.6 Å². The van der Waals surface area contributed by atoms with Gasteiger partial charge in [0.15, 0.2) is 17.7 Å². The lowest BCUT2D eigenvalue weighted by atomic mass is 10.3. The fourth-order valence-electron chi connectivity index (χ4n) is 1.60. The minimum absolute atomic E-state index is 0.0292. The van der Waals surface area contributed by atoms with Crippen LogP contribution in [0.25, 0.3) is 0 Å². The van der Waals surface area contributed by atoms with E-state index in [4.69, 9.17) is 9.26 Å². The predicted molar refractivity (Wildman–Crippen MR) is 73.1 cm³/mol. The molecule has 1 heterocycles. The molecule has 1 unspecified atom stereocenters. The largest absolute Gasteiger partial charge is 0.474 e. The highest BCUT2D eigenvalue weighted by atomic mass is 16.6. The predicted octanol–water partition coefficient (Wildman–Crippen LogP) is 2.30. The summed E-state index contributed by atoms with van der Waals surface area (Å²) >= 11 is 0. The number of hydrogen-bond donors (Lipinski definition) is 1. The lowest BCUT2D eigenvalue weighted by Gasteiger charge is -2.13.